The zero-order valence-corrected chi connectivity index (χ0v) is 9.95. The second kappa shape index (κ2) is 5.50. The van der Waals surface area contributed by atoms with Crippen molar-refractivity contribution in [1.29, 1.82) is 0 Å². The number of rotatable bonds is 1. The minimum absolute atomic E-state index is 0.0833. The highest BCUT2D eigenvalue weighted by Gasteiger charge is 2.31. The Morgan fingerprint density at radius 1 is 1.32 bits per heavy atom. The lowest BCUT2D eigenvalue weighted by Gasteiger charge is -1.99. The zero-order chi connectivity index (χ0) is 14.6. The van der Waals surface area contributed by atoms with Crippen molar-refractivity contribution < 1.29 is 18.1 Å². The van der Waals surface area contributed by atoms with Crippen LogP contribution >= 0.6 is 0 Å². The summed E-state index contributed by atoms with van der Waals surface area (Å²) in [5, 5.41) is 21.4. The maximum Gasteiger partial charge on any atom is 0.432 e. The lowest BCUT2D eigenvalue weighted by Crippen LogP contribution is -2.04. The van der Waals surface area contributed by atoms with Crippen molar-refractivity contribution in [2.75, 3.05) is 0 Å². The Morgan fingerprint density at radius 2 is 1.95 bits per heavy atom. The van der Waals surface area contributed by atoms with E-state index in [0.29, 0.717) is 11.4 Å². The quantitative estimate of drug-likeness (QED) is 0.617. The molecule has 0 aromatic carbocycles. The molecular weight excluding hydrogens is 267 g/mol. The molecule has 0 saturated heterocycles. The number of aromatic amines is 2. The minimum atomic E-state index is -4.30. The van der Waals surface area contributed by atoms with E-state index in [2.05, 4.69) is 15.3 Å². The molecule has 0 aliphatic heterocycles. The van der Waals surface area contributed by atoms with Gasteiger partial charge in [0.2, 0.25) is 0 Å². The predicted molar refractivity (Wildman–Crippen MR) is 58.3 cm³/mol. The SMILES string of the molecule is Cc1n[nH]c(C)c1[N+](=O)[O-].FC(F)(F)c1ccn[nH]1. The number of aromatic nitrogens is 4. The predicted octanol–water partition coefficient (Wildman–Crippen LogP) is 2.36. The maximum atomic E-state index is 11.5. The number of H-pyrrole nitrogens is 2. The van der Waals surface area contributed by atoms with Crippen molar-refractivity contribution in [1.82, 2.24) is 20.4 Å². The van der Waals surface area contributed by atoms with E-state index in [9.17, 15) is 23.3 Å². The zero-order valence-electron chi connectivity index (χ0n) is 9.95. The number of nitrogens with zero attached hydrogens (tertiary/aromatic N) is 3. The molecular formula is C9H10F3N5O2. The number of nitro groups is 1. The van der Waals surface area contributed by atoms with E-state index in [0.717, 1.165) is 12.3 Å². The van der Waals surface area contributed by atoms with Gasteiger partial charge in [0.15, 0.2) is 0 Å². The van der Waals surface area contributed by atoms with E-state index < -0.39 is 16.8 Å². The lowest BCUT2D eigenvalue weighted by atomic mass is 10.3. The van der Waals surface area contributed by atoms with Crippen molar-refractivity contribution in [2.24, 2.45) is 0 Å². The van der Waals surface area contributed by atoms with Crippen LogP contribution in [0.5, 0.6) is 0 Å². The first-order chi connectivity index (χ1) is 8.73. The van der Waals surface area contributed by atoms with Crippen LogP contribution in [-0.2, 0) is 6.18 Å². The second-order valence-corrected chi connectivity index (χ2v) is 3.51. The molecule has 2 aromatic rings. The third-order valence-electron chi connectivity index (χ3n) is 2.08. The second-order valence-electron chi connectivity index (χ2n) is 3.51. The standard InChI is InChI=1S/C5H7N3O2.C4H3F3N2/c1-3-5(8(9)10)4(2)7-6-3;5-4(6,7)3-1-2-8-9-3/h1-2H3,(H,6,7);1-2H,(H,8,9). The van der Waals surface area contributed by atoms with Crippen LogP contribution in [0.3, 0.4) is 0 Å². The average Bonchev–Trinajstić information content (AvgIpc) is 2.88. The highest BCUT2D eigenvalue weighted by atomic mass is 19.4. The van der Waals surface area contributed by atoms with Crippen molar-refractivity contribution in [2.45, 2.75) is 20.0 Å². The van der Waals surface area contributed by atoms with Crippen LogP contribution in [0, 0.1) is 24.0 Å². The maximum absolute atomic E-state index is 11.5. The van der Waals surface area contributed by atoms with Crippen LogP contribution in [0.15, 0.2) is 12.3 Å². The van der Waals surface area contributed by atoms with E-state index in [1.165, 1.54) is 0 Å². The molecule has 0 spiro atoms. The molecule has 0 saturated carbocycles. The number of hydrogen-bond donors (Lipinski definition) is 2. The Labute approximate surface area is 105 Å². The molecule has 0 unspecified atom stereocenters. The first-order valence-corrected chi connectivity index (χ1v) is 4.96. The van der Waals surface area contributed by atoms with Gasteiger partial charge in [0.05, 0.1) is 4.92 Å². The van der Waals surface area contributed by atoms with Crippen LogP contribution in [0.4, 0.5) is 18.9 Å². The molecule has 0 bridgehead atoms. The summed E-state index contributed by atoms with van der Waals surface area (Å²) >= 11 is 0. The molecule has 0 fully saturated rings. The first kappa shape index (κ1) is 14.7. The summed E-state index contributed by atoms with van der Waals surface area (Å²) in [5.74, 6) is 0. The Bertz CT molecular complexity index is 527. The van der Waals surface area contributed by atoms with E-state index in [4.69, 9.17) is 0 Å². The van der Waals surface area contributed by atoms with Gasteiger partial charge in [-0.15, -0.1) is 0 Å². The summed E-state index contributed by atoms with van der Waals surface area (Å²) in [6, 6.07) is 0.875. The minimum Gasteiger partial charge on any atom is -0.275 e. The van der Waals surface area contributed by atoms with Crippen molar-refractivity contribution in [3.05, 3.63) is 39.5 Å². The topological polar surface area (TPSA) is 100 Å². The monoisotopic (exact) mass is 277 g/mol. The molecule has 0 amide bonds. The molecule has 2 heterocycles. The molecule has 0 aliphatic carbocycles. The van der Waals surface area contributed by atoms with Crippen LogP contribution in [0.1, 0.15) is 17.1 Å². The summed E-state index contributed by atoms with van der Waals surface area (Å²) in [7, 11) is 0. The molecule has 2 rings (SSSR count). The Kier molecular flexibility index (Phi) is 4.25. The van der Waals surface area contributed by atoms with Gasteiger partial charge in [-0.2, -0.15) is 23.4 Å². The lowest BCUT2D eigenvalue weighted by molar-refractivity contribution is -0.386. The molecule has 10 heteroatoms. The highest BCUT2D eigenvalue weighted by molar-refractivity contribution is 5.38. The average molecular weight is 277 g/mol. The summed E-state index contributed by atoms with van der Waals surface area (Å²) < 4.78 is 34.6. The van der Waals surface area contributed by atoms with Gasteiger partial charge < -0.3 is 0 Å². The Morgan fingerprint density at radius 3 is 2.16 bits per heavy atom. The van der Waals surface area contributed by atoms with Gasteiger partial charge >= 0.3 is 11.9 Å². The van der Waals surface area contributed by atoms with Crippen molar-refractivity contribution >= 4 is 5.69 Å². The molecule has 0 radical (unpaired) electrons. The van der Waals surface area contributed by atoms with E-state index >= 15 is 0 Å². The Balaban J connectivity index is 0.000000191. The van der Waals surface area contributed by atoms with Gasteiger partial charge in [0.25, 0.3) is 0 Å². The van der Waals surface area contributed by atoms with E-state index in [-0.39, 0.29) is 5.69 Å². The smallest absolute Gasteiger partial charge is 0.275 e. The number of halogens is 3. The van der Waals surface area contributed by atoms with Gasteiger partial charge in [0, 0.05) is 6.20 Å². The summed E-state index contributed by atoms with van der Waals surface area (Å²) in [6.07, 6.45) is -3.24. The normalized spacial score (nSPS) is 10.8. The van der Waals surface area contributed by atoms with Crippen molar-refractivity contribution in [3.63, 3.8) is 0 Å². The molecule has 2 N–H and O–H groups in total. The first-order valence-electron chi connectivity index (χ1n) is 4.96. The molecule has 104 valence electrons. The van der Waals surface area contributed by atoms with Crippen molar-refractivity contribution in [3.8, 4) is 0 Å². The number of alkyl halides is 3. The molecule has 0 atom stereocenters. The van der Waals surface area contributed by atoms with Gasteiger partial charge in [0.1, 0.15) is 17.1 Å². The van der Waals surface area contributed by atoms with Crippen LogP contribution in [-0.4, -0.2) is 25.3 Å². The molecule has 0 aliphatic rings. The fourth-order valence-electron chi connectivity index (χ4n) is 1.23. The fourth-order valence-corrected chi connectivity index (χ4v) is 1.23. The third-order valence-corrected chi connectivity index (χ3v) is 2.08. The Hall–Kier alpha value is -2.39. The fraction of sp³-hybridized carbons (Fsp3) is 0.333. The van der Waals surface area contributed by atoms with Crippen LogP contribution in [0.2, 0.25) is 0 Å². The van der Waals surface area contributed by atoms with Gasteiger partial charge in [-0.1, -0.05) is 0 Å². The number of hydrogen-bond acceptors (Lipinski definition) is 4. The van der Waals surface area contributed by atoms with E-state index in [1.54, 1.807) is 18.9 Å². The van der Waals surface area contributed by atoms with Gasteiger partial charge in [-0.3, -0.25) is 20.3 Å². The molecule has 19 heavy (non-hydrogen) atoms. The van der Waals surface area contributed by atoms with Gasteiger partial charge in [-0.05, 0) is 19.9 Å². The summed E-state index contributed by atoms with van der Waals surface area (Å²) in [5.41, 5.74) is 0.201. The summed E-state index contributed by atoms with van der Waals surface area (Å²) in [4.78, 5) is 9.81. The third kappa shape index (κ3) is 3.79. The van der Waals surface area contributed by atoms with Gasteiger partial charge in [-0.25, -0.2) is 0 Å². The van der Waals surface area contributed by atoms with Crippen LogP contribution < -0.4 is 0 Å². The molecule has 2 aromatic heterocycles. The number of aryl methyl sites for hydroxylation is 2. The largest absolute Gasteiger partial charge is 0.432 e. The summed E-state index contributed by atoms with van der Waals surface area (Å²) in [6.45, 7) is 3.22. The number of nitrogens with one attached hydrogen (secondary N) is 2. The van der Waals surface area contributed by atoms with E-state index in [1.807, 2.05) is 0 Å². The highest BCUT2D eigenvalue weighted by Crippen LogP contribution is 2.26. The molecule has 7 nitrogen and oxygen atoms in total. The van der Waals surface area contributed by atoms with Crippen LogP contribution in [0.25, 0.3) is 0 Å².